The molecule has 146 valence electrons. The number of aromatic nitrogens is 3. The third-order valence-corrected chi connectivity index (χ3v) is 5.01. The summed E-state index contributed by atoms with van der Waals surface area (Å²) in [5.41, 5.74) is 0. The van der Waals surface area contributed by atoms with E-state index < -0.39 is 0 Å². The van der Waals surface area contributed by atoms with Crippen LogP contribution in [0.3, 0.4) is 0 Å². The average Bonchev–Trinajstić information content (AvgIpc) is 3.41. The van der Waals surface area contributed by atoms with E-state index >= 15 is 0 Å². The molecule has 2 N–H and O–H groups in total. The minimum Gasteiger partial charge on any atom is -0.469 e. The number of nitrogens with one attached hydrogen (secondary N) is 2. The molecule has 0 bridgehead atoms. The lowest BCUT2D eigenvalue weighted by Gasteiger charge is -2.25. The van der Waals surface area contributed by atoms with Gasteiger partial charge < -0.3 is 19.8 Å². The van der Waals surface area contributed by atoms with Gasteiger partial charge in [0.2, 0.25) is 0 Å². The van der Waals surface area contributed by atoms with Gasteiger partial charge in [-0.05, 0) is 44.7 Å². The smallest absolute Gasteiger partial charge is 0.191 e. The first kappa shape index (κ1) is 18.0. The molecule has 0 radical (unpaired) electrons. The summed E-state index contributed by atoms with van der Waals surface area (Å²) in [6.07, 6.45) is 7.06. The van der Waals surface area contributed by atoms with Crippen LogP contribution < -0.4 is 10.6 Å². The number of guanidine groups is 1. The maximum Gasteiger partial charge on any atom is 0.191 e. The normalized spacial score (nSPS) is 22.6. The summed E-state index contributed by atoms with van der Waals surface area (Å²) < 4.78 is 13.1. The van der Waals surface area contributed by atoms with Crippen LogP contribution in [-0.4, -0.2) is 46.5 Å². The summed E-state index contributed by atoms with van der Waals surface area (Å²) in [6, 6.07) is 4.03. The van der Waals surface area contributed by atoms with E-state index in [4.69, 9.17) is 14.1 Å². The van der Waals surface area contributed by atoms with Crippen LogP contribution in [0.4, 0.5) is 0 Å². The van der Waals surface area contributed by atoms with Gasteiger partial charge in [-0.1, -0.05) is 0 Å². The highest BCUT2D eigenvalue weighted by Gasteiger charge is 2.24. The number of furan rings is 1. The van der Waals surface area contributed by atoms with Crippen molar-refractivity contribution in [2.75, 3.05) is 19.7 Å². The second-order valence-corrected chi connectivity index (χ2v) is 7.16. The monoisotopic (exact) mass is 372 g/mol. The molecule has 0 aliphatic carbocycles. The Bertz CT molecular complexity index is 748. The summed E-state index contributed by atoms with van der Waals surface area (Å²) in [7, 11) is 0. The largest absolute Gasteiger partial charge is 0.469 e. The van der Waals surface area contributed by atoms with Crippen molar-refractivity contribution in [3.8, 4) is 0 Å². The standard InChI is InChI=1S/C19H28N6O2/c1-14-22-18-17(7-2-10-25(18)24-14)23-19(21-13-16-6-4-12-27-16)20-9-8-15-5-3-11-26-15/h3,5,11,16-17H,2,4,6-10,12-13H2,1H3,(H2,20,21,23). The van der Waals surface area contributed by atoms with E-state index in [9.17, 15) is 0 Å². The second-order valence-electron chi connectivity index (χ2n) is 7.16. The molecule has 0 aromatic carbocycles. The molecule has 2 aliphatic heterocycles. The van der Waals surface area contributed by atoms with Crippen molar-refractivity contribution in [1.29, 1.82) is 0 Å². The van der Waals surface area contributed by atoms with Gasteiger partial charge in [-0.2, -0.15) is 5.10 Å². The number of fused-ring (bicyclic) bond motifs is 1. The fourth-order valence-corrected chi connectivity index (χ4v) is 3.66. The molecule has 0 saturated carbocycles. The van der Waals surface area contributed by atoms with Crippen LogP contribution in [0.2, 0.25) is 0 Å². The Labute approximate surface area is 159 Å². The van der Waals surface area contributed by atoms with Crippen LogP contribution >= 0.6 is 0 Å². The lowest BCUT2D eigenvalue weighted by molar-refractivity contribution is 0.117. The molecule has 8 heteroatoms. The van der Waals surface area contributed by atoms with Gasteiger partial charge in [-0.15, -0.1) is 0 Å². The number of hydrogen-bond donors (Lipinski definition) is 2. The third kappa shape index (κ3) is 4.68. The zero-order chi connectivity index (χ0) is 18.5. The molecule has 27 heavy (non-hydrogen) atoms. The van der Waals surface area contributed by atoms with E-state index in [0.29, 0.717) is 6.54 Å². The van der Waals surface area contributed by atoms with Crippen molar-refractivity contribution >= 4 is 5.96 Å². The molecule has 2 unspecified atom stereocenters. The first-order valence-corrected chi connectivity index (χ1v) is 9.88. The van der Waals surface area contributed by atoms with Gasteiger partial charge in [0.15, 0.2) is 5.96 Å². The number of hydrogen-bond acceptors (Lipinski definition) is 5. The minimum atomic E-state index is 0.124. The lowest BCUT2D eigenvalue weighted by Crippen LogP contribution is -2.42. The highest BCUT2D eigenvalue weighted by atomic mass is 16.5. The van der Waals surface area contributed by atoms with E-state index in [1.807, 2.05) is 23.7 Å². The van der Waals surface area contributed by atoms with Gasteiger partial charge in [0.05, 0.1) is 25.0 Å². The van der Waals surface area contributed by atoms with Crippen molar-refractivity contribution in [3.63, 3.8) is 0 Å². The van der Waals surface area contributed by atoms with E-state index in [1.165, 1.54) is 0 Å². The molecule has 1 saturated heterocycles. The Balaban J connectivity index is 1.41. The number of aliphatic imine (C=N–C) groups is 1. The quantitative estimate of drug-likeness (QED) is 0.595. The van der Waals surface area contributed by atoms with Crippen LogP contribution in [0.5, 0.6) is 0 Å². The Morgan fingerprint density at radius 2 is 2.33 bits per heavy atom. The molecular formula is C19H28N6O2. The zero-order valence-corrected chi connectivity index (χ0v) is 15.9. The van der Waals surface area contributed by atoms with Crippen LogP contribution in [0.25, 0.3) is 0 Å². The number of ether oxygens (including phenoxy) is 1. The van der Waals surface area contributed by atoms with Crippen molar-refractivity contribution in [1.82, 2.24) is 25.4 Å². The summed E-state index contributed by atoms with van der Waals surface area (Å²) in [6.45, 7) is 5.15. The van der Waals surface area contributed by atoms with Crippen LogP contribution in [0.15, 0.2) is 27.8 Å². The van der Waals surface area contributed by atoms with Gasteiger partial charge in [-0.3, -0.25) is 4.99 Å². The molecule has 2 atom stereocenters. The summed E-state index contributed by atoms with van der Waals surface area (Å²) in [5, 5.41) is 11.5. The SMILES string of the molecule is Cc1nc2n(n1)CCCC2NC(=NCC1CCCO1)NCCc1ccco1. The van der Waals surface area contributed by atoms with Crippen molar-refractivity contribution in [2.45, 2.75) is 57.7 Å². The van der Waals surface area contributed by atoms with E-state index in [2.05, 4.69) is 20.7 Å². The molecule has 4 rings (SSSR count). The van der Waals surface area contributed by atoms with Gasteiger partial charge in [0.25, 0.3) is 0 Å². The third-order valence-electron chi connectivity index (χ3n) is 5.01. The molecule has 0 spiro atoms. The maximum atomic E-state index is 5.71. The molecular weight excluding hydrogens is 344 g/mol. The molecule has 1 fully saturated rings. The molecule has 8 nitrogen and oxygen atoms in total. The molecule has 2 aliphatic rings. The fraction of sp³-hybridized carbons (Fsp3) is 0.632. The molecule has 2 aromatic heterocycles. The summed E-state index contributed by atoms with van der Waals surface area (Å²) >= 11 is 0. The van der Waals surface area contributed by atoms with Gasteiger partial charge in [0.1, 0.15) is 17.4 Å². The highest BCUT2D eigenvalue weighted by molar-refractivity contribution is 5.80. The Hall–Kier alpha value is -2.35. The van der Waals surface area contributed by atoms with Crippen molar-refractivity contribution in [3.05, 3.63) is 35.8 Å². The minimum absolute atomic E-state index is 0.124. The number of aryl methyl sites for hydroxylation is 2. The second kappa shape index (κ2) is 8.56. The number of rotatable bonds is 6. The molecule has 0 amide bonds. The first-order chi connectivity index (χ1) is 13.3. The van der Waals surface area contributed by atoms with Gasteiger partial charge in [-0.25, -0.2) is 9.67 Å². The van der Waals surface area contributed by atoms with Crippen molar-refractivity contribution < 1.29 is 9.15 Å². The van der Waals surface area contributed by atoms with Gasteiger partial charge in [0, 0.05) is 26.1 Å². The van der Waals surface area contributed by atoms with Crippen LogP contribution in [0.1, 0.15) is 49.1 Å². The lowest BCUT2D eigenvalue weighted by atomic mass is 10.1. The predicted octanol–water partition coefficient (Wildman–Crippen LogP) is 1.97. The van der Waals surface area contributed by atoms with Crippen molar-refractivity contribution in [2.24, 2.45) is 4.99 Å². The Morgan fingerprint density at radius 1 is 1.37 bits per heavy atom. The van der Waals surface area contributed by atoms with Crippen LogP contribution in [-0.2, 0) is 17.7 Å². The molecule has 4 heterocycles. The van der Waals surface area contributed by atoms with Crippen LogP contribution in [0, 0.1) is 6.92 Å². The summed E-state index contributed by atoms with van der Waals surface area (Å²) in [5.74, 6) is 3.59. The summed E-state index contributed by atoms with van der Waals surface area (Å²) in [4.78, 5) is 9.39. The fourth-order valence-electron chi connectivity index (χ4n) is 3.66. The number of nitrogens with zero attached hydrogens (tertiary/aromatic N) is 4. The van der Waals surface area contributed by atoms with E-state index in [0.717, 1.165) is 75.2 Å². The average molecular weight is 372 g/mol. The maximum absolute atomic E-state index is 5.71. The zero-order valence-electron chi connectivity index (χ0n) is 15.9. The predicted molar refractivity (Wildman–Crippen MR) is 102 cm³/mol. The Morgan fingerprint density at radius 3 is 3.15 bits per heavy atom. The highest BCUT2D eigenvalue weighted by Crippen LogP contribution is 2.22. The van der Waals surface area contributed by atoms with Gasteiger partial charge >= 0.3 is 0 Å². The Kier molecular flexibility index (Phi) is 5.72. The van der Waals surface area contributed by atoms with E-state index in [-0.39, 0.29) is 12.1 Å². The topological polar surface area (TPSA) is 89.5 Å². The van der Waals surface area contributed by atoms with E-state index in [1.54, 1.807) is 6.26 Å². The molecule has 2 aromatic rings. The first-order valence-electron chi connectivity index (χ1n) is 9.88.